The van der Waals surface area contributed by atoms with Crippen molar-refractivity contribution in [2.45, 2.75) is 51.2 Å². The average molecular weight is 448 g/mol. The van der Waals surface area contributed by atoms with Crippen LogP contribution >= 0.6 is 15.9 Å². The summed E-state index contributed by atoms with van der Waals surface area (Å²) in [5.74, 6) is 0.774. The van der Waals surface area contributed by atoms with Crippen LogP contribution in [0, 0.1) is 0 Å². The Kier molecular flexibility index (Phi) is 5.34. The third-order valence-corrected chi connectivity index (χ3v) is 5.74. The normalized spacial score (nSPS) is 19.8. The Bertz CT molecular complexity index is 920. The fourth-order valence-electron chi connectivity index (χ4n) is 3.88. The maximum absolute atomic E-state index is 13.2. The molecule has 9 heteroatoms. The number of methoxy groups -OCH3 is 1. The van der Waals surface area contributed by atoms with E-state index in [1.165, 1.54) is 6.42 Å². The first-order valence-corrected chi connectivity index (χ1v) is 10.2. The predicted molar refractivity (Wildman–Crippen MR) is 106 cm³/mol. The molecule has 0 bridgehead atoms. The zero-order chi connectivity index (χ0) is 19.7. The van der Waals surface area contributed by atoms with Crippen molar-refractivity contribution in [2.75, 3.05) is 12.4 Å². The van der Waals surface area contributed by atoms with Crippen molar-refractivity contribution in [3.05, 3.63) is 39.5 Å². The van der Waals surface area contributed by atoms with Gasteiger partial charge < -0.3 is 14.8 Å². The van der Waals surface area contributed by atoms with Crippen molar-refractivity contribution in [3.8, 4) is 5.75 Å². The molecule has 2 heterocycles. The van der Waals surface area contributed by atoms with Crippen LogP contribution in [0.15, 0.2) is 33.9 Å². The van der Waals surface area contributed by atoms with Crippen LogP contribution in [0.25, 0.3) is 0 Å². The number of halogens is 1. The molecule has 1 aliphatic heterocycles. The summed E-state index contributed by atoms with van der Waals surface area (Å²) in [6.07, 6.45) is 5.16. The molecule has 28 heavy (non-hydrogen) atoms. The highest BCUT2D eigenvalue weighted by molar-refractivity contribution is 9.10. The topological polar surface area (TPSA) is 91.2 Å². The second kappa shape index (κ2) is 7.90. The number of nitrogens with zero attached hydrogens (tertiary/aromatic N) is 4. The number of fused-ring (bicyclic) bond motifs is 1. The van der Waals surface area contributed by atoms with E-state index in [1.54, 1.807) is 11.8 Å². The van der Waals surface area contributed by atoms with E-state index in [2.05, 4.69) is 36.8 Å². The second-order valence-electron chi connectivity index (χ2n) is 7.06. The molecule has 1 N–H and O–H groups in total. The molecule has 8 nitrogen and oxygen atoms in total. The first-order valence-electron chi connectivity index (χ1n) is 9.38. The van der Waals surface area contributed by atoms with Crippen LogP contribution in [0.5, 0.6) is 5.75 Å². The monoisotopic (exact) mass is 447 g/mol. The quantitative estimate of drug-likeness (QED) is 0.715. The van der Waals surface area contributed by atoms with Gasteiger partial charge in [0.25, 0.3) is 0 Å². The lowest BCUT2D eigenvalue weighted by Crippen LogP contribution is -2.32. The van der Waals surface area contributed by atoms with Gasteiger partial charge in [-0.2, -0.15) is 4.68 Å². The highest BCUT2D eigenvalue weighted by atomic mass is 79.9. The Labute approximate surface area is 171 Å². The number of aromatic nitrogens is 4. The molecule has 1 atom stereocenters. The van der Waals surface area contributed by atoms with Crippen LogP contribution in [0.1, 0.15) is 50.6 Å². The Balaban J connectivity index is 1.76. The highest BCUT2D eigenvalue weighted by Crippen LogP contribution is 2.40. The van der Waals surface area contributed by atoms with E-state index in [4.69, 9.17) is 9.47 Å². The summed E-state index contributed by atoms with van der Waals surface area (Å²) < 4.78 is 13.9. The van der Waals surface area contributed by atoms with E-state index in [1.807, 2.05) is 25.1 Å². The molecule has 1 aliphatic carbocycles. The Morgan fingerprint density at radius 1 is 1.29 bits per heavy atom. The molecule has 148 valence electrons. The number of esters is 1. The van der Waals surface area contributed by atoms with Crippen LogP contribution < -0.4 is 10.1 Å². The van der Waals surface area contributed by atoms with Gasteiger partial charge in [-0.1, -0.05) is 27.4 Å². The number of hydrogen-bond acceptors (Lipinski definition) is 7. The zero-order valence-corrected chi connectivity index (χ0v) is 17.4. The van der Waals surface area contributed by atoms with Crippen molar-refractivity contribution in [2.24, 2.45) is 0 Å². The molecule has 0 amide bonds. The molecule has 1 saturated carbocycles. The van der Waals surface area contributed by atoms with Crippen molar-refractivity contribution < 1.29 is 14.3 Å². The van der Waals surface area contributed by atoms with E-state index in [-0.39, 0.29) is 12.1 Å². The van der Waals surface area contributed by atoms with Crippen molar-refractivity contribution in [1.82, 2.24) is 20.2 Å². The Morgan fingerprint density at radius 3 is 2.82 bits per heavy atom. The lowest BCUT2D eigenvalue weighted by molar-refractivity contribution is -0.146. The minimum Gasteiger partial charge on any atom is -0.496 e. The second-order valence-corrected chi connectivity index (χ2v) is 7.98. The summed E-state index contributed by atoms with van der Waals surface area (Å²) in [6, 6.07) is 5.11. The number of ether oxygens (including phenoxy) is 2. The third-order valence-electron chi connectivity index (χ3n) is 5.25. The van der Waals surface area contributed by atoms with Gasteiger partial charge in [0, 0.05) is 15.7 Å². The summed E-state index contributed by atoms with van der Waals surface area (Å²) in [6.45, 7) is 1.84. The molecule has 4 rings (SSSR count). The number of allylic oxidation sites excluding steroid dienone is 1. The van der Waals surface area contributed by atoms with Crippen molar-refractivity contribution in [3.63, 3.8) is 0 Å². The minimum atomic E-state index is -0.546. The van der Waals surface area contributed by atoms with Gasteiger partial charge in [0.1, 0.15) is 17.9 Å². The first kappa shape index (κ1) is 18.9. The zero-order valence-electron chi connectivity index (χ0n) is 15.8. The smallest absolute Gasteiger partial charge is 0.338 e. The van der Waals surface area contributed by atoms with Gasteiger partial charge in [-0.05, 0) is 61.2 Å². The molecule has 2 aromatic rings. The van der Waals surface area contributed by atoms with Gasteiger partial charge in [0.05, 0.1) is 12.7 Å². The number of hydrogen-bond donors (Lipinski definition) is 1. The van der Waals surface area contributed by atoms with E-state index in [0.29, 0.717) is 23.0 Å². The van der Waals surface area contributed by atoms with Crippen LogP contribution in [-0.2, 0) is 9.53 Å². The molecule has 1 aromatic carbocycles. The summed E-state index contributed by atoms with van der Waals surface area (Å²) in [5.41, 5.74) is 1.94. The number of tetrazole rings is 1. The number of anilines is 1. The SMILES string of the molecule is COc1ccc(Br)cc1[C@H]1C(C(=O)OC2CCCCC2)=C(C)Nc2nnnn21. The van der Waals surface area contributed by atoms with Gasteiger partial charge in [-0.3, -0.25) is 0 Å². The summed E-state index contributed by atoms with van der Waals surface area (Å²) in [4.78, 5) is 13.2. The molecule has 0 radical (unpaired) electrons. The van der Waals surface area contributed by atoms with Gasteiger partial charge in [-0.15, -0.1) is 0 Å². The highest BCUT2D eigenvalue weighted by Gasteiger charge is 2.37. The molecule has 0 unspecified atom stereocenters. The van der Waals surface area contributed by atoms with Crippen molar-refractivity contribution in [1.29, 1.82) is 0 Å². The Morgan fingerprint density at radius 2 is 2.07 bits per heavy atom. The molecule has 1 aromatic heterocycles. The molecular formula is C19H22BrN5O3. The largest absolute Gasteiger partial charge is 0.496 e. The summed E-state index contributed by atoms with van der Waals surface area (Å²) in [7, 11) is 1.60. The van der Waals surface area contributed by atoms with Crippen LogP contribution in [-0.4, -0.2) is 39.4 Å². The average Bonchev–Trinajstić information content (AvgIpc) is 3.15. The summed E-state index contributed by atoms with van der Waals surface area (Å²) in [5, 5.41) is 15.0. The van der Waals surface area contributed by atoms with E-state index >= 15 is 0 Å². The number of carbonyl (C=O) groups is 1. The number of nitrogens with one attached hydrogen (secondary N) is 1. The molecule has 2 aliphatic rings. The van der Waals surface area contributed by atoms with Gasteiger partial charge in [0.15, 0.2) is 0 Å². The van der Waals surface area contributed by atoms with Gasteiger partial charge >= 0.3 is 5.97 Å². The van der Waals surface area contributed by atoms with Crippen LogP contribution in [0.3, 0.4) is 0 Å². The Hall–Kier alpha value is -2.42. The molecular weight excluding hydrogens is 426 g/mol. The minimum absolute atomic E-state index is 0.0399. The van der Waals surface area contributed by atoms with E-state index < -0.39 is 6.04 Å². The molecule has 0 saturated heterocycles. The number of carbonyl (C=O) groups excluding carboxylic acids is 1. The maximum Gasteiger partial charge on any atom is 0.338 e. The van der Waals surface area contributed by atoms with Crippen molar-refractivity contribution >= 4 is 27.8 Å². The van der Waals surface area contributed by atoms with Gasteiger partial charge in [0.2, 0.25) is 5.95 Å². The van der Waals surface area contributed by atoms with E-state index in [9.17, 15) is 4.79 Å². The lowest BCUT2D eigenvalue weighted by Gasteiger charge is -2.30. The maximum atomic E-state index is 13.2. The third kappa shape index (κ3) is 3.50. The number of rotatable bonds is 4. The predicted octanol–water partition coefficient (Wildman–Crippen LogP) is 3.61. The fourth-order valence-corrected chi connectivity index (χ4v) is 4.26. The van der Waals surface area contributed by atoms with Crippen LogP contribution in [0.4, 0.5) is 5.95 Å². The first-order chi connectivity index (χ1) is 13.6. The van der Waals surface area contributed by atoms with Gasteiger partial charge in [-0.25, -0.2) is 4.79 Å². The summed E-state index contributed by atoms with van der Waals surface area (Å²) >= 11 is 3.51. The standard InChI is InChI=1S/C19H22BrN5O3/c1-11-16(18(26)28-13-6-4-3-5-7-13)17(25-19(21-11)22-23-24-25)14-10-12(20)8-9-15(14)27-2/h8-10,13,17H,3-7H2,1-2H3,(H,21,22,24)/t17-/m0/s1. The molecule has 1 fully saturated rings. The number of benzene rings is 1. The fraction of sp³-hybridized carbons (Fsp3) is 0.474. The van der Waals surface area contributed by atoms with E-state index in [0.717, 1.165) is 35.7 Å². The molecule has 0 spiro atoms. The lowest BCUT2D eigenvalue weighted by atomic mass is 9.94. The van der Waals surface area contributed by atoms with Crippen LogP contribution in [0.2, 0.25) is 0 Å².